The molecule has 2 heterocycles. The number of aliphatic hydroxyl groups excluding tert-OH is 1. The zero-order valence-electron chi connectivity index (χ0n) is 7.65. The molecule has 0 aromatic heterocycles. The van der Waals surface area contributed by atoms with Crippen LogP contribution in [0.4, 0.5) is 0 Å². The van der Waals surface area contributed by atoms with Crippen LogP contribution in [0.5, 0.6) is 0 Å². The molecule has 3 unspecified atom stereocenters. The van der Waals surface area contributed by atoms with Gasteiger partial charge in [-0.2, -0.15) is 0 Å². The summed E-state index contributed by atoms with van der Waals surface area (Å²) < 4.78 is 15.9. The molecule has 0 saturated carbocycles. The van der Waals surface area contributed by atoms with Crippen molar-refractivity contribution in [1.29, 1.82) is 0 Å². The van der Waals surface area contributed by atoms with Gasteiger partial charge in [0, 0.05) is 12.5 Å². The molecule has 13 heavy (non-hydrogen) atoms. The smallest absolute Gasteiger partial charge is 0.107 e. The van der Waals surface area contributed by atoms with Crippen molar-refractivity contribution in [3.63, 3.8) is 0 Å². The molecule has 2 fully saturated rings. The second kappa shape index (κ2) is 4.37. The maximum Gasteiger partial charge on any atom is 0.107 e. The second-order valence-corrected chi connectivity index (χ2v) is 3.60. The number of rotatable bonds is 2. The van der Waals surface area contributed by atoms with Gasteiger partial charge >= 0.3 is 0 Å². The number of hydrogen-bond acceptors (Lipinski definition) is 4. The van der Waals surface area contributed by atoms with E-state index < -0.39 is 6.10 Å². The van der Waals surface area contributed by atoms with Crippen molar-refractivity contribution < 1.29 is 19.3 Å². The highest BCUT2D eigenvalue weighted by Crippen LogP contribution is 2.21. The Morgan fingerprint density at radius 3 is 2.54 bits per heavy atom. The molecule has 76 valence electrons. The van der Waals surface area contributed by atoms with Crippen LogP contribution in [0, 0.1) is 5.92 Å². The molecule has 2 aliphatic rings. The minimum atomic E-state index is -0.428. The molecule has 0 spiro atoms. The van der Waals surface area contributed by atoms with E-state index in [9.17, 15) is 5.11 Å². The standard InChI is InChI=1S/C9H16O4/c10-9(7-1-2-11-5-7)8-6-12-3-4-13-8/h7-10H,1-6H2. The summed E-state index contributed by atoms with van der Waals surface area (Å²) in [4.78, 5) is 0. The van der Waals surface area contributed by atoms with Crippen LogP contribution in [0.25, 0.3) is 0 Å². The first kappa shape index (κ1) is 9.40. The number of aliphatic hydroxyl groups is 1. The van der Waals surface area contributed by atoms with Gasteiger partial charge in [-0.3, -0.25) is 0 Å². The summed E-state index contributed by atoms with van der Waals surface area (Å²) >= 11 is 0. The lowest BCUT2D eigenvalue weighted by Gasteiger charge is -2.29. The van der Waals surface area contributed by atoms with E-state index in [1.165, 1.54) is 0 Å². The van der Waals surface area contributed by atoms with Crippen molar-refractivity contribution >= 4 is 0 Å². The van der Waals surface area contributed by atoms with Gasteiger partial charge in [0.25, 0.3) is 0 Å². The molecule has 4 nitrogen and oxygen atoms in total. The highest BCUT2D eigenvalue weighted by atomic mass is 16.6. The lowest BCUT2D eigenvalue weighted by atomic mass is 9.97. The molecule has 2 aliphatic heterocycles. The summed E-state index contributed by atoms with van der Waals surface area (Å²) in [5, 5.41) is 9.89. The lowest BCUT2D eigenvalue weighted by Crippen LogP contribution is -2.42. The molecule has 1 N–H and O–H groups in total. The number of ether oxygens (including phenoxy) is 3. The van der Waals surface area contributed by atoms with Gasteiger partial charge in [0.1, 0.15) is 6.10 Å². The molecule has 3 atom stereocenters. The van der Waals surface area contributed by atoms with Gasteiger partial charge in [0.05, 0.1) is 32.5 Å². The van der Waals surface area contributed by atoms with E-state index in [2.05, 4.69) is 0 Å². The Balaban J connectivity index is 1.83. The highest BCUT2D eigenvalue weighted by molar-refractivity contribution is 4.80. The predicted octanol–water partition coefficient (Wildman–Crippen LogP) is -0.201. The Morgan fingerprint density at radius 2 is 1.92 bits per heavy atom. The highest BCUT2D eigenvalue weighted by Gasteiger charge is 2.32. The van der Waals surface area contributed by atoms with Crippen LogP contribution in [-0.4, -0.2) is 50.3 Å². The molecule has 0 aromatic rings. The van der Waals surface area contributed by atoms with Crippen molar-refractivity contribution in [2.45, 2.75) is 18.6 Å². The third-order valence-corrected chi connectivity index (χ3v) is 2.67. The lowest BCUT2D eigenvalue weighted by molar-refractivity contribution is -0.144. The Bertz CT molecular complexity index is 150. The van der Waals surface area contributed by atoms with Crippen molar-refractivity contribution in [1.82, 2.24) is 0 Å². The van der Waals surface area contributed by atoms with Gasteiger partial charge in [-0.25, -0.2) is 0 Å². The minimum Gasteiger partial charge on any atom is -0.390 e. The molecule has 2 rings (SSSR count). The van der Waals surface area contributed by atoms with E-state index >= 15 is 0 Å². The number of hydrogen-bond donors (Lipinski definition) is 1. The molecular weight excluding hydrogens is 172 g/mol. The molecular formula is C9H16O4. The first-order chi connectivity index (χ1) is 6.38. The summed E-state index contributed by atoms with van der Waals surface area (Å²) in [6.45, 7) is 3.16. The van der Waals surface area contributed by atoms with E-state index in [-0.39, 0.29) is 12.0 Å². The molecule has 0 bridgehead atoms. The van der Waals surface area contributed by atoms with Crippen LogP contribution in [0.15, 0.2) is 0 Å². The van der Waals surface area contributed by atoms with Crippen molar-refractivity contribution in [2.24, 2.45) is 5.92 Å². The fourth-order valence-corrected chi connectivity index (χ4v) is 1.83. The third-order valence-electron chi connectivity index (χ3n) is 2.67. The van der Waals surface area contributed by atoms with E-state index in [0.717, 1.165) is 13.0 Å². The first-order valence-electron chi connectivity index (χ1n) is 4.83. The normalized spacial score (nSPS) is 37.6. The molecule has 0 amide bonds. The van der Waals surface area contributed by atoms with Gasteiger partial charge < -0.3 is 19.3 Å². The Morgan fingerprint density at radius 1 is 1.08 bits per heavy atom. The predicted molar refractivity (Wildman–Crippen MR) is 45.5 cm³/mol. The second-order valence-electron chi connectivity index (χ2n) is 3.60. The fourth-order valence-electron chi connectivity index (χ4n) is 1.83. The summed E-state index contributed by atoms with van der Waals surface area (Å²) in [5.74, 6) is 0.228. The maximum atomic E-state index is 9.89. The average molecular weight is 188 g/mol. The van der Waals surface area contributed by atoms with Crippen LogP contribution in [0.2, 0.25) is 0 Å². The average Bonchev–Trinajstić information content (AvgIpc) is 2.71. The summed E-state index contributed by atoms with van der Waals surface area (Å²) in [6, 6.07) is 0. The zero-order chi connectivity index (χ0) is 9.10. The minimum absolute atomic E-state index is 0.152. The van der Waals surface area contributed by atoms with Crippen LogP contribution in [-0.2, 0) is 14.2 Å². The van der Waals surface area contributed by atoms with Crippen LogP contribution in [0.3, 0.4) is 0 Å². The molecule has 4 heteroatoms. The molecule has 2 saturated heterocycles. The molecule has 0 radical (unpaired) electrons. The van der Waals surface area contributed by atoms with Gasteiger partial charge in [-0.05, 0) is 6.42 Å². The van der Waals surface area contributed by atoms with E-state index in [1.54, 1.807) is 0 Å². The third kappa shape index (κ3) is 2.20. The van der Waals surface area contributed by atoms with E-state index in [0.29, 0.717) is 26.4 Å². The zero-order valence-corrected chi connectivity index (χ0v) is 7.65. The van der Waals surface area contributed by atoms with Crippen LogP contribution < -0.4 is 0 Å². The Labute approximate surface area is 77.8 Å². The van der Waals surface area contributed by atoms with Crippen molar-refractivity contribution in [3.05, 3.63) is 0 Å². The van der Waals surface area contributed by atoms with Gasteiger partial charge in [-0.15, -0.1) is 0 Å². The van der Waals surface area contributed by atoms with Gasteiger partial charge in [0.15, 0.2) is 0 Å². The molecule has 0 aliphatic carbocycles. The van der Waals surface area contributed by atoms with Crippen LogP contribution >= 0.6 is 0 Å². The SMILES string of the molecule is OC(C1CCOC1)C1COCCO1. The Kier molecular flexibility index (Phi) is 3.16. The van der Waals surface area contributed by atoms with E-state index in [4.69, 9.17) is 14.2 Å². The molecule has 0 aromatic carbocycles. The summed E-state index contributed by atoms with van der Waals surface area (Å²) in [5.41, 5.74) is 0. The first-order valence-corrected chi connectivity index (χ1v) is 4.83. The topological polar surface area (TPSA) is 47.9 Å². The maximum absolute atomic E-state index is 9.89. The Hall–Kier alpha value is -0.160. The van der Waals surface area contributed by atoms with Crippen LogP contribution in [0.1, 0.15) is 6.42 Å². The van der Waals surface area contributed by atoms with Crippen molar-refractivity contribution in [2.75, 3.05) is 33.0 Å². The quantitative estimate of drug-likeness (QED) is 0.652. The van der Waals surface area contributed by atoms with E-state index in [1.807, 2.05) is 0 Å². The summed E-state index contributed by atoms with van der Waals surface area (Å²) in [7, 11) is 0. The van der Waals surface area contributed by atoms with Gasteiger partial charge in [-0.1, -0.05) is 0 Å². The fraction of sp³-hybridized carbons (Fsp3) is 1.00. The van der Waals surface area contributed by atoms with Crippen molar-refractivity contribution in [3.8, 4) is 0 Å². The largest absolute Gasteiger partial charge is 0.390 e. The summed E-state index contributed by atoms with van der Waals surface area (Å²) in [6.07, 6.45) is 0.351. The van der Waals surface area contributed by atoms with Gasteiger partial charge in [0.2, 0.25) is 0 Å². The monoisotopic (exact) mass is 188 g/mol.